The van der Waals surface area contributed by atoms with Gasteiger partial charge in [-0.25, -0.2) is 0 Å². The molecule has 2 nitrogen and oxygen atoms in total. The van der Waals surface area contributed by atoms with Crippen LogP contribution in [0.25, 0.3) is 0 Å². The predicted molar refractivity (Wildman–Crippen MR) is 99.6 cm³/mol. The standard InChI is InChI=1S/C22H33NO/c1-16-11-17-13-18(12-16)15-20(14-17)23-9-7-19(8-10-23)21-5-3-4-6-22(21)24-2/h3-6,16-20H,7-15H2,1-2H3. The molecule has 2 saturated carbocycles. The van der Waals surface area contributed by atoms with E-state index in [0.29, 0.717) is 5.92 Å². The molecule has 1 saturated heterocycles. The van der Waals surface area contributed by atoms with E-state index in [2.05, 4.69) is 36.1 Å². The average molecular weight is 328 g/mol. The van der Waals surface area contributed by atoms with Crippen molar-refractivity contribution in [2.45, 2.75) is 63.8 Å². The number of ether oxygens (including phenoxy) is 1. The van der Waals surface area contributed by atoms with E-state index < -0.39 is 0 Å². The van der Waals surface area contributed by atoms with Crippen LogP contribution in [0.1, 0.15) is 63.4 Å². The number of rotatable bonds is 3. The van der Waals surface area contributed by atoms with Crippen molar-refractivity contribution in [2.75, 3.05) is 20.2 Å². The second-order valence-electron chi connectivity index (χ2n) is 8.72. The molecule has 1 aromatic rings. The molecule has 2 bridgehead atoms. The molecule has 24 heavy (non-hydrogen) atoms. The molecule has 0 amide bonds. The van der Waals surface area contributed by atoms with Gasteiger partial charge in [0.15, 0.2) is 0 Å². The molecular formula is C22H33NO. The van der Waals surface area contributed by atoms with Gasteiger partial charge in [-0.05, 0) is 93.3 Å². The van der Waals surface area contributed by atoms with Crippen LogP contribution in [0.3, 0.4) is 0 Å². The Morgan fingerprint density at radius 2 is 1.58 bits per heavy atom. The van der Waals surface area contributed by atoms with Crippen molar-refractivity contribution >= 4 is 0 Å². The summed E-state index contributed by atoms with van der Waals surface area (Å²) in [5, 5.41) is 0. The first-order valence-corrected chi connectivity index (χ1v) is 10.1. The lowest BCUT2D eigenvalue weighted by Gasteiger charge is -2.47. The lowest BCUT2D eigenvalue weighted by molar-refractivity contribution is 0.0419. The third kappa shape index (κ3) is 3.35. The molecule has 3 aliphatic rings. The highest BCUT2D eigenvalue weighted by molar-refractivity contribution is 5.36. The number of likely N-dealkylation sites (tertiary alicyclic amines) is 1. The van der Waals surface area contributed by atoms with E-state index in [1.807, 2.05) is 0 Å². The maximum absolute atomic E-state index is 5.59. The number of benzene rings is 1. The number of nitrogens with zero attached hydrogens (tertiary/aromatic N) is 1. The van der Waals surface area contributed by atoms with Crippen LogP contribution in [0, 0.1) is 17.8 Å². The van der Waals surface area contributed by atoms with Crippen LogP contribution in [-0.4, -0.2) is 31.1 Å². The van der Waals surface area contributed by atoms with Gasteiger partial charge in [-0.1, -0.05) is 25.1 Å². The number of para-hydroxylation sites is 1. The van der Waals surface area contributed by atoms with E-state index in [-0.39, 0.29) is 0 Å². The summed E-state index contributed by atoms with van der Waals surface area (Å²) in [5.74, 6) is 4.78. The van der Waals surface area contributed by atoms with E-state index in [9.17, 15) is 0 Å². The minimum Gasteiger partial charge on any atom is -0.496 e. The first kappa shape index (κ1) is 16.4. The van der Waals surface area contributed by atoms with Crippen molar-refractivity contribution in [3.63, 3.8) is 0 Å². The van der Waals surface area contributed by atoms with Gasteiger partial charge < -0.3 is 9.64 Å². The summed E-state index contributed by atoms with van der Waals surface area (Å²) in [6.45, 7) is 5.03. The summed E-state index contributed by atoms with van der Waals surface area (Å²) in [6.07, 6.45) is 10.0. The van der Waals surface area contributed by atoms with Crippen LogP contribution in [-0.2, 0) is 0 Å². The van der Waals surface area contributed by atoms with Gasteiger partial charge in [-0.15, -0.1) is 0 Å². The van der Waals surface area contributed by atoms with Crippen molar-refractivity contribution in [1.29, 1.82) is 0 Å². The van der Waals surface area contributed by atoms with Gasteiger partial charge in [0.1, 0.15) is 5.75 Å². The molecule has 0 aromatic heterocycles. The maximum Gasteiger partial charge on any atom is 0.122 e. The van der Waals surface area contributed by atoms with Crippen LogP contribution in [0.4, 0.5) is 0 Å². The van der Waals surface area contributed by atoms with Crippen molar-refractivity contribution in [2.24, 2.45) is 17.8 Å². The molecule has 3 fully saturated rings. The van der Waals surface area contributed by atoms with Gasteiger partial charge in [0.2, 0.25) is 0 Å². The first-order valence-electron chi connectivity index (χ1n) is 10.1. The molecule has 4 rings (SSSR count). The summed E-state index contributed by atoms with van der Waals surface area (Å²) in [4.78, 5) is 2.83. The highest BCUT2D eigenvalue weighted by Crippen LogP contribution is 2.45. The van der Waals surface area contributed by atoms with E-state index in [0.717, 1.165) is 29.5 Å². The molecule has 0 N–H and O–H groups in total. The Bertz CT molecular complexity index is 531. The Hall–Kier alpha value is -1.02. The zero-order chi connectivity index (χ0) is 16.5. The molecule has 2 atom stereocenters. The molecule has 1 aromatic carbocycles. The molecule has 1 aliphatic heterocycles. The van der Waals surface area contributed by atoms with E-state index in [1.54, 1.807) is 7.11 Å². The summed E-state index contributed by atoms with van der Waals surface area (Å²) >= 11 is 0. The Balaban J connectivity index is 1.36. The van der Waals surface area contributed by atoms with Gasteiger partial charge in [0, 0.05) is 6.04 Å². The Labute approximate surface area is 147 Å². The smallest absolute Gasteiger partial charge is 0.122 e. The van der Waals surface area contributed by atoms with Crippen LogP contribution in [0.15, 0.2) is 24.3 Å². The quantitative estimate of drug-likeness (QED) is 0.767. The Morgan fingerprint density at radius 3 is 2.25 bits per heavy atom. The fourth-order valence-electron chi connectivity index (χ4n) is 6.03. The molecule has 132 valence electrons. The molecule has 2 aliphatic carbocycles. The number of hydrogen-bond acceptors (Lipinski definition) is 2. The minimum atomic E-state index is 0.681. The number of fused-ring (bicyclic) bond motifs is 2. The van der Waals surface area contributed by atoms with Crippen molar-refractivity contribution in [3.8, 4) is 5.75 Å². The van der Waals surface area contributed by atoms with E-state index in [1.165, 1.54) is 63.6 Å². The third-order valence-corrected chi connectivity index (χ3v) is 6.97. The monoisotopic (exact) mass is 327 g/mol. The highest BCUT2D eigenvalue weighted by Gasteiger charge is 2.37. The summed E-state index contributed by atoms with van der Waals surface area (Å²) < 4.78 is 5.59. The van der Waals surface area contributed by atoms with Crippen LogP contribution in [0.5, 0.6) is 5.75 Å². The normalized spacial score (nSPS) is 34.9. The topological polar surface area (TPSA) is 12.5 Å². The highest BCUT2D eigenvalue weighted by atomic mass is 16.5. The van der Waals surface area contributed by atoms with Crippen molar-refractivity contribution in [3.05, 3.63) is 29.8 Å². The largest absolute Gasteiger partial charge is 0.496 e. The lowest BCUT2D eigenvalue weighted by Crippen LogP contribution is -2.46. The van der Waals surface area contributed by atoms with Gasteiger partial charge in [-0.2, -0.15) is 0 Å². The Morgan fingerprint density at radius 1 is 0.917 bits per heavy atom. The predicted octanol–water partition coefficient (Wildman–Crippen LogP) is 5.09. The summed E-state index contributed by atoms with van der Waals surface area (Å²) in [6, 6.07) is 9.50. The molecule has 0 radical (unpaired) electrons. The summed E-state index contributed by atoms with van der Waals surface area (Å²) in [7, 11) is 1.80. The second kappa shape index (κ2) is 7.07. The zero-order valence-corrected chi connectivity index (χ0v) is 15.4. The van der Waals surface area contributed by atoms with Gasteiger partial charge in [-0.3, -0.25) is 0 Å². The third-order valence-electron chi connectivity index (χ3n) is 6.97. The number of methoxy groups -OCH3 is 1. The molecular weight excluding hydrogens is 294 g/mol. The molecule has 0 spiro atoms. The SMILES string of the molecule is COc1ccccc1C1CCN(C2CC3CC(C)CC(C3)C2)CC1. The minimum absolute atomic E-state index is 0.681. The fourth-order valence-corrected chi connectivity index (χ4v) is 6.03. The average Bonchev–Trinajstić information content (AvgIpc) is 2.61. The molecule has 2 unspecified atom stereocenters. The van der Waals surface area contributed by atoms with Gasteiger partial charge in [0.25, 0.3) is 0 Å². The Kier molecular flexibility index (Phi) is 4.85. The molecule has 1 heterocycles. The van der Waals surface area contributed by atoms with Crippen LogP contribution >= 0.6 is 0 Å². The molecule has 2 heteroatoms. The fraction of sp³-hybridized carbons (Fsp3) is 0.727. The van der Waals surface area contributed by atoms with Gasteiger partial charge >= 0.3 is 0 Å². The van der Waals surface area contributed by atoms with Crippen LogP contribution < -0.4 is 4.74 Å². The van der Waals surface area contributed by atoms with Crippen molar-refractivity contribution < 1.29 is 4.74 Å². The maximum atomic E-state index is 5.59. The number of piperidine rings is 1. The van der Waals surface area contributed by atoms with Gasteiger partial charge in [0.05, 0.1) is 7.11 Å². The van der Waals surface area contributed by atoms with Crippen LogP contribution in [0.2, 0.25) is 0 Å². The summed E-state index contributed by atoms with van der Waals surface area (Å²) in [5.41, 5.74) is 1.42. The second-order valence-corrected chi connectivity index (χ2v) is 8.72. The lowest BCUT2D eigenvalue weighted by atomic mass is 9.66. The van der Waals surface area contributed by atoms with E-state index in [4.69, 9.17) is 4.74 Å². The number of hydrogen-bond donors (Lipinski definition) is 0. The first-order chi connectivity index (χ1) is 11.7. The van der Waals surface area contributed by atoms with E-state index >= 15 is 0 Å². The van der Waals surface area contributed by atoms with Crippen molar-refractivity contribution in [1.82, 2.24) is 4.90 Å². The zero-order valence-electron chi connectivity index (χ0n) is 15.4.